The molecule has 0 amide bonds. The molecule has 4 aromatic heterocycles. The minimum absolute atomic E-state index is 0.0923. The maximum absolute atomic E-state index is 13.8. The van der Waals surface area contributed by atoms with Gasteiger partial charge < -0.3 is 9.97 Å². The second-order valence-corrected chi connectivity index (χ2v) is 17.5. The summed E-state index contributed by atoms with van der Waals surface area (Å²) >= 11 is 11.8. The van der Waals surface area contributed by atoms with Gasteiger partial charge in [-0.25, -0.2) is 27.5 Å². The SMILES string of the molecule is C[C@@H](c1nc2cc(Cl)c(F)cc2[nH]1)C1CCC(c2ccnc3ccc(F)cc23)CC1.C[C@H](c1nc2cc(Cl)c(F)cc2[nH]1)C1CCC(c2ccnc3ccc(F)cc23)CC1. The lowest BCUT2D eigenvalue weighted by atomic mass is 9.73. The van der Waals surface area contributed by atoms with Gasteiger partial charge >= 0.3 is 0 Å². The highest BCUT2D eigenvalue weighted by atomic mass is 35.5. The third kappa shape index (κ3) is 8.08. The fourth-order valence-electron chi connectivity index (χ4n) is 9.78. The summed E-state index contributed by atoms with van der Waals surface area (Å²) in [6.45, 7) is 4.36. The van der Waals surface area contributed by atoms with Crippen molar-refractivity contribution >= 4 is 67.1 Å². The number of nitrogens with one attached hydrogen (secondary N) is 2. The van der Waals surface area contributed by atoms with Crippen molar-refractivity contribution in [1.29, 1.82) is 0 Å². The van der Waals surface area contributed by atoms with Crippen molar-refractivity contribution in [1.82, 2.24) is 29.9 Å². The molecule has 4 heterocycles. The van der Waals surface area contributed by atoms with Crippen LogP contribution in [0, 0.1) is 35.1 Å². The molecule has 2 atom stereocenters. The fraction of sp³-hybridized carbons (Fsp3) is 0.333. The van der Waals surface area contributed by atoms with E-state index in [9.17, 15) is 17.6 Å². The number of pyridine rings is 2. The summed E-state index contributed by atoms with van der Waals surface area (Å²) in [5, 5.41) is 2.03. The Balaban J connectivity index is 0.000000154. The van der Waals surface area contributed by atoms with Gasteiger partial charge in [-0.15, -0.1) is 0 Å². The molecule has 2 saturated carbocycles. The molecule has 2 fully saturated rings. The summed E-state index contributed by atoms with van der Waals surface area (Å²) in [6.07, 6.45) is 12.1. The van der Waals surface area contributed by atoms with Crippen LogP contribution in [0.25, 0.3) is 43.9 Å². The molecule has 10 rings (SSSR count). The number of hydrogen-bond donors (Lipinski definition) is 2. The normalized spacial score (nSPS) is 20.7. The van der Waals surface area contributed by atoms with E-state index in [1.807, 2.05) is 24.5 Å². The Hall–Kier alpha value is -5.06. The first kappa shape index (κ1) is 40.4. The molecule has 2 aliphatic carbocycles. The number of aromatic amines is 2. The van der Waals surface area contributed by atoms with Gasteiger partial charge in [-0.3, -0.25) is 9.97 Å². The van der Waals surface area contributed by atoms with E-state index in [1.165, 1.54) is 35.4 Å². The van der Waals surface area contributed by atoms with Gasteiger partial charge in [-0.1, -0.05) is 37.0 Å². The minimum Gasteiger partial charge on any atom is -0.342 e. The molecule has 0 bridgehead atoms. The van der Waals surface area contributed by atoms with E-state index < -0.39 is 11.6 Å². The molecule has 0 spiro atoms. The van der Waals surface area contributed by atoms with Crippen LogP contribution in [0.15, 0.2) is 85.2 Å². The summed E-state index contributed by atoms with van der Waals surface area (Å²) in [5.41, 5.74) is 6.83. The van der Waals surface area contributed by atoms with E-state index >= 15 is 0 Å². The Labute approximate surface area is 355 Å². The van der Waals surface area contributed by atoms with Crippen molar-refractivity contribution in [3.63, 3.8) is 0 Å². The Kier molecular flexibility index (Phi) is 11.3. The molecule has 2 N–H and O–H groups in total. The van der Waals surface area contributed by atoms with Gasteiger partial charge in [0.1, 0.15) is 34.9 Å². The van der Waals surface area contributed by atoms with Crippen molar-refractivity contribution in [2.75, 3.05) is 0 Å². The van der Waals surface area contributed by atoms with E-state index in [4.69, 9.17) is 23.2 Å². The lowest BCUT2D eigenvalue weighted by Gasteiger charge is -2.32. The molecule has 0 saturated heterocycles. The van der Waals surface area contributed by atoms with Crippen LogP contribution in [-0.4, -0.2) is 29.9 Å². The van der Waals surface area contributed by atoms with E-state index in [0.29, 0.717) is 45.7 Å². The first-order valence-electron chi connectivity index (χ1n) is 20.8. The molecule has 12 heteroatoms. The summed E-state index contributed by atoms with van der Waals surface area (Å²) < 4.78 is 55.1. The maximum Gasteiger partial charge on any atom is 0.144 e. The minimum atomic E-state index is -0.437. The summed E-state index contributed by atoms with van der Waals surface area (Å²) in [4.78, 5) is 24.6. The third-order valence-electron chi connectivity index (χ3n) is 13.3. The van der Waals surface area contributed by atoms with Crippen LogP contribution < -0.4 is 0 Å². The Bertz CT molecular complexity index is 2570. The molecule has 308 valence electrons. The van der Waals surface area contributed by atoms with Crippen LogP contribution in [0.1, 0.15) is 112 Å². The highest BCUT2D eigenvalue weighted by Gasteiger charge is 2.31. The van der Waals surface area contributed by atoms with Crippen LogP contribution in [0.2, 0.25) is 10.0 Å². The van der Waals surface area contributed by atoms with Crippen molar-refractivity contribution in [2.24, 2.45) is 11.8 Å². The third-order valence-corrected chi connectivity index (χ3v) is 13.8. The molecule has 2 aliphatic rings. The van der Waals surface area contributed by atoms with E-state index in [1.54, 1.807) is 36.4 Å². The van der Waals surface area contributed by atoms with Crippen molar-refractivity contribution in [3.05, 3.63) is 141 Å². The van der Waals surface area contributed by atoms with Crippen LogP contribution in [-0.2, 0) is 0 Å². The molecule has 60 heavy (non-hydrogen) atoms. The predicted molar refractivity (Wildman–Crippen MR) is 232 cm³/mol. The van der Waals surface area contributed by atoms with Gasteiger partial charge in [0.15, 0.2) is 0 Å². The second kappa shape index (κ2) is 16.8. The summed E-state index contributed by atoms with van der Waals surface area (Å²) in [6, 6.07) is 19.7. The van der Waals surface area contributed by atoms with Gasteiger partial charge in [0.25, 0.3) is 0 Å². The number of H-pyrrole nitrogens is 2. The topological polar surface area (TPSA) is 83.1 Å². The monoisotopic (exact) mass is 850 g/mol. The first-order chi connectivity index (χ1) is 29.0. The fourth-order valence-corrected chi connectivity index (χ4v) is 10.1. The largest absolute Gasteiger partial charge is 0.342 e. The van der Waals surface area contributed by atoms with Crippen LogP contribution in [0.5, 0.6) is 0 Å². The Morgan fingerprint density at radius 2 is 0.917 bits per heavy atom. The van der Waals surface area contributed by atoms with E-state index in [-0.39, 0.29) is 33.5 Å². The number of benzene rings is 4. The maximum atomic E-state index is 13.8. The highest BCUT2D eigenvalue weighted by Crippen LogP contribution is 2.45. The zero-order chi connectivity index (χ0) is 41.7. The lowest BCUT2D eigenvalue weighted by Crippen LogP contribution is -2.19. The number of aromatic nitrogens is 6. The second-order valence-electron chi connectivity index (χ2n) is 16.7. The van der Waals surface area contributed by atoms with E-state index in [2.05, 4.69) is 43.8 Å². The molecule has 4 aromatic carbocycles. The average Bonchev–Trinajstić information content (AvgIpc) is 3.87. The zero-order valence-corrected chi connectivity index (χ0v) is 34.8. The number of rotatable bonds is 6. The predicted octanol–water partition coefficient (Wildman–Crippen LogP) is 14.2. The molecule has 0 radical (unpaired) electrons. The molecule has 8 aromatic rings. The molecular formula is C48H44Cl2F4N6. The van der Waals surface area contributed by atoms with Crippen molar-refractivity contribution < 1.29 is 17.6 Å². The number of imidazole rings is 2. The molecular weight excluding hydrogens is 807 g/mol. The van der Waals surface area contributed by atoms with Gasteiger partial charge in [-0.05, 0) is 147 Å². The molecule has 0 aliphatic heterocycles. The van der Waals surface area contributed by atoms with Gasteiger partial charge in [0.05, 0.1) is 43.1 Å². The van der Waals surface area contributed by atoms with Crippen LogP contribution >= 0.6 is 23.2 Å². The van der Waals surface area contributed by atoms with E-state index in [0.717, 1.165) is 84.8 Å². The van der Waals surface area contributed by atoms with Crippen molar-refractivity contribution in [3.8, 4) is 0 Å². The quantitative estimate of drug-likeness (QED) is 0.163. The average molecular weight is 852 g/mol. The van der Waals surface area contributed by atoms with Gasteiger partial charge in [0, 0.05) is 47.1 Å². The number of hydrogen-bond acceptors (Lipinski definition) is 4. The van der Waals surface area contributed by atoms with Crippen molar-refractivity contribution in [2.45, 2.75) is 88.9 Å². The van der Waals surface area contributed by atoms with Crippen LogP contribution in [0.4, 0.5) is 17.6 Å². The standard InChI is InChI=1S/2C24H22ClF2N3/c2*1-13(24-29-22-11-19(25)20(27)12-23(22)30-24)14-2-4-15(5-3-14)17-8-9-28-21-7-6-16(26)10-18(17)21/h2*6-15H,2-5H2,1H3,(H,29,30)/t2*13-,14?,15?/m10/s1. The summed E-state index contributed by atoms with van der Waals surface area (Å²) in [5.74, 6) is 2.73. The lowest BCUT2D eigenvalue weighted by molar-refractivity contribution is 0.286. The highest BCUT2D eigenvalue weighted by molar-refractivity contribution is 6.31. The molecule has 0 unspecified atom stereocenters. The van der Waals surface area contributed by atoms with Gasteiger partial charge in [-0.2, -0.15) is 0 Å². The molecule has 6 nitrogen and oxygen atoms in total. The smallest absolute Gasteiger partial charge is 0.144 e. The Morgan fingerprint density at radius 3 is 1.32 bits per heavy atom. The van der Waals surface area contributed by atoms with Crippen LogP contribution in [0.3, 0.4) is 0 Å². The number of fused-ring (bicyclic) bond motifs is 4. The summed E-state index contributed by atoms with van der Waals surface area (Å²) in [7, 11) is 0. The first-order valence-corrected chi connectivity index (χ1v) is 21.5. The number of nitrogens with zero attached hydrogens (tertiary/aromatic N) is 4. The Morgan fingerprint density at radius 1 is 0.517 bits per heavy atom. The zero-order valence-electron chi connectivity index (χ0n) is 33.3. The van der Waals surface area contributed by atoms with Gasteiger partial charge in [0.2, 0.25) is 0 Å². The number of halogens is 6.